The Hall–Kier alpha value is -2.15. The van der Waals surface area contributed by atoms with Crippen LogP contribution in [0.25, 0.3) is 0 Å². The van der Waals surface area contributed by atoms with Crippen LogP contribution in [-0.2, 0) is 5.60 Å². The van der Waals surface area contributed by atoms with Gasteiger partial charge in [-0.1, -0.05) is 18.2 Å². The largest absolute Gasteiger partial charge is 0.421 e. The van der Waals surface area contributed by atoms with Crippen LogP contribution in [0, 0.1) is 11.8 Å². The Balaban J connectivity index is 1.65. The van der Waals surface area contributed by atoms with Crippen LogP contribution < -0.4 is 0 Å². The molecule has 0 saturated heterocycles. The van der Waals surface area contributed by atoms with Crippen LogP contribution in [0.5, 0.6) is 0 Å². The van der Waals surface area contributed by atoms with Crippen molar-refractivity contribution in [1.29, 1.82) is 0 Å². The van der Waals surface area contributed by atoms with E-state index >= 15 is 0 Å². The summed E-state index contributed by atoms with van der Waals surface area (Å²) in [6.07, 6.45) is 5.17. The molecule has 2 atom stereocenters. The molecule has 2 aliphatic rings. The van der Waals surface area contributed by atoms with Crippen molar-refractivity contribution in [2.45, 2.75) is 57.3 Å². The lowest BCUT2D eigenvalue weighted by atomic mass is 9.77. The summed E-state index contributed by atoms with van der Waals surface area (Å²) < 4.78 is 39.1. The summed E-state index contributed by atoms with van der Waals surface area (Å²) in [6, 6.07) is 5.24. The number of rotatable bonds is 5. The van der Waals surface area contributed by atoms with Gasteiger partial charge >= 0.3 is 6.18 Å². The van der Waals surface area contributed by atoms with Crippen LogP contribution in [0.3, 0.4) is 0 Å². The first kappa shape index (κ1) is 22.5. The maximum absolute atomic E-state index is 13.0. The van der Waals surface area contributed by atoms with Crippen molar-refractivity contribution >= 4 is 12.1 Å². The molecule has 164 valence electrons. The summed E-state index contributed by atoms with van der Waals surface area (Å²) in [5, 5.41) is 9.81. The van der Waals surface area contributed by atoms with Gasteiger partial charge in [-0.25, -0.2) is 0 Å². The van der Waals surface area contributed by atoms with Crippen molar-refractivity contribution in [3.05, 3.63) is 47.5 Å². The maximum Gasteiger partial charge on any atom is 0.421 e. The van der Waals surface area contributed by atoms with E-state index in [0.717, 1.165) is 32.2 Å². The minimum atomic E-state index is -4.79. The van der Waals surface area contributed by atoms with Gasteiger partial charge in [0.2, 0.25) is 0 Å². The molecule has 0 radical (unpaired) electrons. The van der Waals surface area contributed by atoms with Gasteiger partial charge in [0.1, 0.15) is 0 Å². The number of carbonyl (C=O) groups excluding carboxylic acids is 1. The number of hydrogen-bond acceptors (Lipinski definition) is 3. The van der Waals surface area contributed by atoms with E-state index in [9.17, 15) is 23.1 Å². The fourth-order valence-corrected chi connectivity index (χ4v) is 4.48. The van der Waals surface area contributed by atoms with Gasteiger partial charge in [0.05, 0.1) is 0 Å². The monoisotopic (exact) mass is 422 g/mol. The number of carbonyl (C=O) groups is 1. The number of hydrogen-bond donors (Lipinski definition) is 1. The van der Waals surface area contributed by atoms with Crippen LogP contribution in [0.2, 0.25) is 0 Å². The highest BCUT2D eigenvalue weighted by Crippen LogP contribution is 2.39. The zero-order chi connectivity index (χ0) is 21.9. The third-order valence-electron chi connectivity index (χ3n) is 6.50. The van der Waals surface area contributed by atoms with Crippen molar-refractivity contribution < 1.29 is 23.1 Å². The highest BCUT2D eigenvalue weighted by Gasteiger charge is 2.51. The lowest BCUT2D eigenvalue weighted by Gasteiger charge is -2.38. The van der Waals surface area contributed by atoms with Gasteiger partial charge in [-0.05, 0) is 75.1 Å². The Labute approximate surface area is 175 Å². The lowest BCUT2D eigenvalue weighted by Crippen LogP contribution is -2.43. The van der Waals surface area contributed by atoms with Gasteiger partial charge in [-0.2, -0.15) is 13.2 Å². The zero-order valence-corrected chi connectivity index (χ0v) is 17.4. The fourth-order valence-electron chi connectivity index (χ4n) is 4.48. The Morgan fingerprint density at radius 2 is 1.80 bits per heavy atom. The second-order valence-electron chi connectivity index (χ2n) is 8.37. The Bertz CT molecular complexity index is 792. The number of benzene rings is 1. The molecule has 3 rings (SSSR count). The Morgan fingerprint density at radius 1 is 1.17 bits per heavy atom. The van der Waals surface area contributed by atoms with Gasteiger partial charge in [0.15, 0.2) is 5.60 Å². The minimum Gasteiger partial charge on any atom is -0.376 e. The van der Waals surface area contributed by atoms with Gasteiger partial charge in [-0.3, -0.25) is 9.79 Å². The third kappa shape index (κ3) is 4.61. The zero-order valence-electron chi connectivity index (χ0n) is 17.4. The van der Waals surface area contributed by atoms with Gasteiger partial charge in [0, 0.05) is 30.9 Å². The second kappa shape index (κ2) is 8.92. The average Bonchev–Trinajstić information content (AvgIpc) is 2.74. The van der Waals surface area contributed by atoms with Gasteiger partial charge < -0.3 is 10.0 Å². The summed E-state index contributed by atoms with van der Waals surface area (Å²) in [4.78, 5) is 19.2. The molecule has 1 unspecified atom stereocenters. The fraction of sp³-hybridized carbons (Fsp3) is 0.565. The smallest absolute Gasteiger partial charge is 0.376 e. The third-order valence-corrected chi connectivity index (χ3v) is 6.50. The van der Waals surface area contributed by atoms with E-state index in [1.165, 1.54) is 24.3 Å². The van der Waals surface area contributed by atoms with E-state index < -0.39 is 11.8 Å². The van der Waals surface area contributed by atoms with Crippen LogP contribution in [-0.4, -0.2) is 47.4 Å². The molecule has 0 aromatic heterocycles. The topological polar surface area (TPSA) is 52.9 Å². The summed E-state index contributed by atoms with van der Waals surface area (Å²) in [5.74, 6) is 0.865. The van der Waals surface area contributed by atoms with Crippen molar-refractivity contribution in [3.63, 3.8) is 0 Å². The molecular weight excluding hydrogens is 393 g/mol. The van der Waals surface area contributed by atoms with E-state index in [1.54, 1.807) is 0 Å². The highest BCUT2D eigenvalue weighted by molar-refractivity contribution is 5.94. The van der Waals surface area contributed by atoms with Gasteiger partial charge in [0.25, 0.3) is 5.91 Å². The number of allylic oxidation sites excluding steroid dienone is 1. The number of aliphatic imine (C=N–C) groups is 1. The number of nitrogens with zero attached hydrogens (tertiary/aromatic N) is 2. The highest BCUT2D eigenvalue weighted by atomic mass is 19.4. The average molecular weight is 422 g/mol. The number of alkyl halides is 3. The number of aliphatic hydroxyl groups is 1. The second-order valence-corrected chi connectivity index (χ2v) is 8.37. The predicted molar refractivity (Wildman–Crippen MR) is 111 cm³/mol. The molecule has 1 fully saturated rings. The first-order chi connectivity index (χ1) is 14.1. The Morgan fingerprint density at radius 3 is 2.30 bits per heavy atom. The molecule has 0 spiro atoms. The van der Waals surface area contributed by atoms with Crippen LogP contribution in [0.4, 0.5) is 13.2 Å². The first-order valence-corrected chi connectivity index (χ1v) is 10.5. The molecule has 1 aliphatic heterocycles. The number of amides is 1. The normalized spacial score (nSPS) is 26.3. The molecule has 4 nitrogen and oxygen atoms in total. The quantitative estimate of drug-likeness (QED) is 0.746. The molecule has 1 saturated carbocycles. The van der Waals surface area contributed by atoms with Crippen LogP contribution >= 0.6 is 0 Å². The van der Waals surface area contributed by atoms with E-state index in [2.05, 4.69) is 11.1 Å². The van der Waals surface area contributed by atoms with E-state index in [0.29, 0.717) is 30.9 Å². The summed E-state index contributed by atoms with van der Waals surface area (Å²) in [6.45, 7) is 4.01. The van der Waals surface area contributed by atoms with Crippen molar-refractivity contribution in [2.24, 2.45) is 16.8 Å². The van der Waals surface area contributed by atoms with Crippen LogP contribution in [0.15, 0.2) is 41.4 Å². The standard InChI is InChI=1S/C23H29F3N2O2/c1-3-28(20-12-8-16(9-13-20)18-5-4-14-27-15-18)21(29)17-6-10-19(11-7-17)22(2,30)23(24,25)26/h4-7,10-11,14,16,18,20,30H,3,8-9,12-13,15H2,1-2H3/t16?,18?,20?,22-/m0/s1. The molecule has 1 heterocycles. The molecule has 1 aromatic rings. The molecule has 30 heavy (non-hydrogen) atoms. The van der Waals surface area contributed by atoms with Gasteiger partial charge in [-0.15, -0.1) is 0 Å². The molecule has 1 aliphatic carbocycles. The SMILES string of the molecule is CCN(C(=O)c1ccc([C@](C)(O)C(F)(F)F)cc1)C1CCC(C2C=CC=NC2)CC1. The molecule has 1 amide bonds. The molecule has 1 aromatic carbocycles. The maximum atomic E-state index is 13.0. The minimum absolute atomic E-state index is 0.132. The molecule has 7 heteroatoms. The number of halogens is 3. The predicted octanol–water partition coefficient (Wildman–Crippen LogP) is 4.73. The van der Waals surface area contributed by atoms with Crippen LogP contribution in [0.1, 0.15) is 55.5 Å². The van der Waals surface area contributed by atoms with Crippen molar-refractivity contribution in [3.8, 4) is 0 Å². The number of dihydropyridines is 1. The summed E-state index contributed by atoms with van der Waals surface area (Å²) in [7, 11) is 0. The van der Waals surface area contributed by atoms with E-state index in [4.69, 9.17) is 0 Å². The van der Waals surface area contributed by atoms with Crippen molar-refractivity contribution in [2.75, 3.05) is 13.1 Å². The Kier molecular flexibility index (Phi) is 6.70. The van der Waals surface area contributed by atoms with Crippen molar-refractivity contribution in [1.82, 2.24) is 4.90 Å². The summed E-state index contributed by atoms with van der Waals surface area (Å²) >= 11 is 0. The molecule has 1 N–H and O–H groups in total. The van der Waals surface area contributed by atoms with E-state index in [1.807, 2.05) is 24.1 Å². The molecule has 0 bridgehead atoms. The summed E-state index contributed by atoms with van der Waals surface area (Å²) in [5.41, 5.74) is -2.89. The first-order valence-electron chi connectivity index (χ1n) is 10.5. The lowest BCUT2D eigenvalue weighted by molar-refractivity contribution is -0.258. The van der Waals surface area contributed by atoms with E-state index in [-0.39, 0.29) is 17.5 Å². The molecular formula is C23H29F3N2O2.